The SMILES string of the molecule is COC(=O)[C@@H]1C[C@H](NC(=O)c2cccc(-c3cc4ccccc4oc3=O)c2)CN1. The number of ether oxygens (including phenoxy) is 1. The Balaban J connectivity index is 1.55. The number of carbonyl (C=O) groups is 2. The van der Waals surface area contributed by atoms with Gasteiger partial charge in [0.05, 0.1) is 12.7 Å². The molecule has 0 aliphatic carbocycles. The van der Waals surface area contributed by atoms with E-state index in [9.17, 15) is 14.4 Å². The fraction of sp³-hybridized carbons (Fsp3) is 0.227. The van der Waals surface area contributed by atoms with Crippen molar-refractivity contribution in [2.75, 3.05) is 13.7 Å². The summed E-state index contributed by atoms with van der Waals surface area (Å²) >= 11 is 0. The van der Waals surface area contributed by atoms with E-state index in [2.05, 4.69) is 10.6 Å². The first-order chi connectivity index (χ1) is 14.0. The number of hydrogen-bond acceptors (Lipinski definition) is 6. The lowest BCUT2D eigenvalue weighted by Gasteiger charge is -2.12. The Morgan fingerprint density at radius 1 is 1.14 bits per heavy atom. The summed E-state index contributed by atoms with van der Waals surface area (Å²) in [6.07, 6.45) is 0.465. The van der Waals surface area contributed by atoms with Crippen LogP contribution in [0.3, 0.4) is 0 Å². The van der Waals surface area contributed by atoms with Gasteiger partial charge in [-0.15, -0.1) is 0 Å². The summed E-state index contributed by atoms with van der Waals surface area (Å²) < 4.78 is 10.1. The number of fused-ring (bicyclic) bond motifs is 1. The summed E-state index contributed by atoms with van der Waals surface area (Å²) in [6, 6.07) is 15.3. The Morgan fingerprint density at radius 2 is 1.97 bits per heavy atom. The van der Waals surface area contributed by atoms with Crippen LogP contribution in [-0.2, 0) is 9.53 Å². The van der Waals surface area contributed by atoms with Crippen molar-refractivity contribution in [2.24, 2.45) is 0 Å². The first-order valence-corrected chi connectivity index (χ1v) is 9.30. The highest BCUT2D eigenvalue weighted by Gasteiger charge is 2.31. The highest BCUT2D eigenvalue weighted by atomic mass is 16.5. The van der Waals surface area contributed by atoms with Crippen LogP contribution in [0.25, 0.3) is 22.1 Å². The maximum atomic E-state index is 12.7. The molecule has 1 aliphatic heterocycles. The average molecular weight is 392 g/mol. The predicted molar refractivity (Wildman–Crippen MR) is 108 cm³/mol. The number of benzene rings is 2. The number of nitrogens with one attached hydrogen (secondary N) is 2. The van der Waals surface area contributed by atoms with Crippen LogP contribution in [0.15, 0.2) is 63.8 Å². The smallest absolute Gasteiger partial charge is 0.344 e. The predicted octanol–water partition coefficient (Wildman–Crippen LogP) is 2.09. The minimum atomic E-state index is -0.456. The number of para-hydroxylation sites is 1. The van der Waals surface area contributed by atoms with Gasteiger partial charge in [0.15, 0.2) is 0 Å². The average Bonchev–Trinajstić information content (AvgIpc) is 3.21. The highest BCUT2D eigenvalue weighted by molar-refractivity contribution is 5.96. The van der Waals surface area contributed by atoms with Crippen molar-refractivity contribution in [3.63, 3.8) is 0 Å². The van der Waals surface area contributed by atoms with Crippen molar-refractivity contribution in [3.05, 3.63) is 70.6 Å². The standard InChI is InChI=1S/C22H20N2O5/c1-28-22(27)18-11-16(12-23-18)24-20(25)15-7-4-6-13(9-15)17-10-14-5-2-3-8-19(14)29-21(17)26/h2-10,16,18,23H,11-12H2,1H3,(H,24,25)/t16-,18-/m0/s1. The fourth-order valence-electron chi connectivity index (χ4n) is 3.53. The molecule has 1 amide bonds. The quantitative estimate of drug-likeness (QED) is 0.521. The lowest BCUT2D eigenvalue weighted by atomic mass is 10.0. The summed E-state index contributed by atoms with van der Waals surface area (Å²) in [5, 5.41) is 6.76. The molecule has 1 fully saturated rings. The normalized spacial score (nSPS) is 18.5. The molecule has 0 radical (unpaired) electrons. The molecule has 4 rings (SSSR count). The summed E-state index contributed by atoms with van der Waals surface area (Å²) in [6.45, 7) is 0.486. The van der Waals surface area contributed by atoms with E-state index in [0.717, 1.165) is 5.39 Å². The number of rotatable bonds is 4. The summed E-state index contributed by atoms with van der Waals surface area (Å²) in [5.74, 6) is -0.610. The van der Waals surface area contributed by atoms with Gasteiger partial charge in [-0.2, -0.15) is 0 Å². The van der Waals surface area contributed by atoms with Gasteiger partial charge < -0.3 is 19.8 Å². The third kappa shape index (κ3) is 3.90. The molecule has 0 saturated carbocycles. The van der Waals surface area contributed by atoms with Gasteiger partial charge in [0.2, 0.25) is 0 Å². The van der Waals surface area contributed by atoms with Gasteiger partial charge in [0.25, 0.3) is 5.91 Å². The topological polar surface area (TPSA) is 97.6 Å². The van der Waals surface area contributed by atoms with Crippen molar-refractivity contribution in [3.8, 4) is 11.1 Å². The van der Waals surface area contributed by atoms with Crippen molar-refractivity contribution in [1.29, 1.82) is 0 Å². The van der Waals surface area contributed by atoms with E-state index in [1.807, 2.05) is 12.1 Å². The van der Waals surface area contributed by atoms with E-state index < -0.39 is 11.7 Å². The van der Waals surface area contributed by atoms with E-state index in [-0.39, 0.29) is 17.9 Å². The number of esters is 1. The summed E-state index contributed by atoms with van der Waals surface area (Å²) in [4.78, 5) is 36.7. The molecule has 7 nitrogen and oxygen atoms in total. The van der Waals surface area contributed by atoms with Crippen molar-refractivity contribution >= 4 is 22.8 Å². The van der Waals surface area contributed by atoms with E-state index in [0.29, 0.717) is 35.2 Å². The monoisotopic (exact) mass is 392 g/mol. The molecule has 2 aromatic carbocycles. The Kier molecular flexibility index (Phi) is 5.14. The van der Waals surface area contributed by atoms with E-state index >= 15 is 0 Å². The Bertz CT molecular complexity index is 1140. The molecule has 1 saturated heterocycles. The molecule has 2 heterocycles. The van der Waals surface area contributed by atoms with E-state index in [4.69, 9.17) is 9.15 Å². The van der Waals surface area contributed by atoms with Crippen LogP contribution in [0.2, 0.25) is 0 Å². The zero-order valence-corrected chi connectivity index (χ0v) is 15.8. The van der Waals surface area contributed by atoms with Crippen molar-refractivity contribution < 1.29 is 18.7 Å². The number of carbonyl (C=O) groups excluding carboxylic acids is 2. The second kappa shape index (κ2) is 7.89. The second-order valence-electron chi connectivity index (χ2n) is 6.96. The molecular weight excluding hydrogens is 372 g/mol. The first-order valence-electron chi connectivity index (χ1n) is 9.30. The maximum absolute atomic E-state index is 12.7. The van der Waals surface area contributed by atoms with Crippen LogP contribution < -0.4 is 16.3 Å². The van der Waals surface area contributed by atoms with Crippen LogP contribution in [0.1, 0.15) is 16.8 Å². The maximum Gasteiger partial charge on any atom is 0.344 e. The number of hydrogen-bond donors (Lipinski definition) is 2. The lowest BCUT2D eigenvalue weighted by molar-refractivity contribution is -0.142. The molecule has 0 bridgehead atoms. The van der Waals surface area contributed by atoms with Gasteiger partial charge in [-0.25, -0.2) is 4.79 Å². The van der Waals surface area contributed by atoms with Crippen LogP contribution in [0, 0.1) is 0 Å². The minimum absolute atomic E-state index is 0.180. The highest BCUT2D eigenvalue weighted by Crippen LogP contribution is 2.22. The molecule has 1 aromatic heterocycles. The van der Waals surface area contributed by atoms with E-state index in [1.165, 1.54) is 7.11 Å². The molecule has 0 unspecified atom stereocenters. The van der Waals surface area contributed by atoms with Gasteiger partial charge in [0.1, 0.15) is 11.6 Å². The number of methoxy groups -OCH3 is 1. The molecule has 0 spiro atoms. The van der Waals surface area contributed by atoms with Crippen molar-refractivity contribution in [2.45, 2.75) is 18.5 Å². The molecule has 1 aliphatic rings. The Labute approximate surface area is 166 Å². The van der Waals surface area contributed by atoms with Gasteiger partial charge in [-0.1, -0.05) is 30.3 Å². The van der Waals surface area contributed by atoms with Gasteiger partial charge in [-0.05, 0) is 36.2 Å². The van der Waals surface area contributed by atoms with Crippen molar-refractivity contribution in [1.82, 2.24) is 10.6 Å². The first kappa shape index (κ1) is 18.9. The van der Waals surface area contributed by atoms with Crippen LogP contribution >= 0.6 is 0 Å². The zero-order chi connectivity index (χ0) is 20.4. The van der Waals surface area contributed by atoms with Crippen LogP contribution in [0.5, 0.6) is 0 Å². The second-order valence-corrected chi connectivity index (χ2v) is 6.96. The molecule has 148 valence electrons. The summed E-state index contributed by atoms with van der Waals surface area (Å²) in [7, 11) is 1.34. The fourth-order valence-corrected chi connectivity index (χ4v) is 3.53. The molecule has 3 aromatic rings. The summed E-state index contributed by atoms with van der Waals surface area (Å²) in [5.41, 5.74) is 1.49. The van der Waals surface area contributed by atoms with Gasteiger partial charge in [0, 0.05) is 23.5 Å². The third-order valence-electron chi connectivity index (χ3n) is 5.03. The molecule has 2 atom stereocenters. The molecule has 29 heavy (non-hydrogen) atoms. The van der Waals surface area contributed by atoms with Crippen LogP contribution in [0.4, 0.5) is 0 Å². The van der Waals surface area contributed by atoms with Gasteiger partial charge >= 0.3 is 11.6 Å². The largest absolute Gasteiger partial charge is 0.468 e. The number of amides is 1. The molecular formula is C22H20N2O5. The Hall–Kier alpha value is -3.45. The van der Waals surface area contributed by atoms with Crippen LogP contribution in [-0.4, -0.2) is 37.6 Å². The minimum Gasteiger partial charge on any atom is -0.468 e. The molecule has 7 heteroatoms. The van der Waals surface area contributed by atoms with Gasteiger partial charge in [-0.3, -0.25) is 9.59 Å². The molecule has 2 N–H and O–H groups in total. The van der Waals surface area contributed by atoms with E-state index in [1.54, 1.807) is 42.5 Å². The zero-order valence-electron chi connectivity index (χ0n) is 15.8. The Morgan fingerprint density at radius 3 is 2.79 bits per heavy atom. The third-order valence-corrected chi connectivity index (χ3v) is 5.03. The lowest BCUT2D eigenvalue weighted by Crippen LogP contribution is -2.36.